The van der Waals surface area contributed by atoms with E-state index in [1.165, 1.54) is 36.5 Å². The minimum absolute atomic E-state index is 0.749. The van der Waals surface area contributed by atoms with Crippen molar-refractivity contribution >= 4 is 27.5 Å². The van der Waals surface area contributed by atoms with E-state index in [1.807, 2.05) is 0 Å². The summed E-state index contributed by atoms with van der Waals surface area (Å²) in [6, 6.07) is 6.39. The van der Waals surface area contributed by atoms with Crippen LogP contribution in [0, 0.1) is 11.8 Å². The molecule has 3 heteroatoms. The van der Waals surface area contributed by atoms with Gasteiger partial charge in [0.15, 0.2) is 0 Å². The standard InChI is InChI=1S/C13H13BrN2/c14-11-3-1-2-9-7-16-6-8-4-10(5-8)13(16)15-12(9)11/h1-3,8,10H,4-7H2. The first-order valence-corrected chi connectivity index (χ1v) is 6.71. The summed E-state index contributed by atoms with van der Waals surface area (Å²) in [5.41, 5.74) is 2.53. The molecule has 0 unspecified atom stereocenters. The minimum atomic E-state index is 0.749. The van der Waals surface area contributed by atoms with E-state index < -0.39 is 0 Å². The van der Waals surface area contributed by atoms with Crippen molar-refractivity contribution in [3.63, 3.8) is 0 Å². The molecule has 0 aromatic heterocycles. The Labute approximate surface area is 103 Å². The second-order valence-electron chi connectivity index (χ2n) is 5.13. The zero-order valence-corrected chi connectivity index (χ0v) is 10.6. The van der Waals surface area contributed by atoms with Crippen LogP contribution in [0.25, 0.3) is 0 Å². The Morgan fingerprint density at radius 2 is 2.19 bits per heavy atom. The quantitative estimate of drug-likeness (QED) is 0.710. The van der Waals surface area contributed by atoms with Crippen LogP contribution >= 0.6 is 15.9 Å². The lowest BCUT2D eigenvalue weighted by Gasteiger charge is -2.50. The molecular formula is C13H13BrN2. The Hall–Kier alpha value is -0.830. The van der Waals surface area contributed by atoms with Gasteiger partial charge in [0.1, 0.15) is 5.84 Å². The summed E-state index contributed by atoms with van der Waals surface area (Å²) in [5, 5.41) is 0. The highest BCUT2D eigenvalue weighted by Gasteiger charge is 2.43. The summed E-state index contributed by atoms with van der Waals surface area (Å²) < 4.78 is 1.14. The fraction of sp³-hybridized carbons (Fsp3) is 0.462. The maximum absolute atomic E-state index is 4.88. The predicted molar refractivity (Wildman–Crippen MR) is 67.9 cm³/mol. The van der Waals surface area contributed by atoms with E-state index >= 15 is 0 Å². The zero-order valence-electron chi connectivity index (χ0n) is 8.99. The molecule has 2 saturated heterocycles. The number of amidine groups is 1. The lowest BCUT2D eigenvalue weighted by Crippen LogP contribution is -2.53. The van der Waals surface area contributed by atoms with E-state index in [0.717, 1.165) is 22.9 Å². The maximum atomic E-state index is 4.88. The van der Waals surface area contributed by atoms with Gasteiger partial charge in [-0.2, -0.15) is 0 Å². The number of rotatable bonds is 0. The van der Waals surface area contributed by atoms with Crippen LogP contribution in [-0.4, -0.2) is 17.3 Å². The van der Waals surface area contributed by atoms with E-state index in [0.29, 0.717) is 0 Å². The van der Waals surface area contributed by atoms with Gasteiger partial charge >= 0.3 is 0 Å². The Kier molecular flexibility index (Phi) is 1.79. The Balaban J connectivity index is 1.85. The Bertz CT molecular complexity index is 489. The topological polar surface area (TPSA) is 15.6 Å². The van der Waals surface area contributed by atoms with Crippen molar-refractivity contribution in [3.8, 4) is 0 Å². The van der Waals surface area contributed by atoms with Crippen molar-refractivity contribution in [2.75, 3.05) is 6.54 Å². The predicted octanol–water partition coefficient (Wildman–Crippen LogP) is 3.33. The third-order valence-electron chi connectivity index (χ3n) is 4.06. The van der Waals surface area contributed by atoms with Crippen LogP contribution in [0.1, 0.15) is 18.4 Å². The summed E-state index contributed by atoms with van der Waals surface area (Å²) in [7, 11) is 0. The molecule has 1 saturated carbocycles. The van der Waals surface area contributed by atoms with E-state index in [9.17, 15) is 0 Å². The summed E-state index contributed by atoms with van der Waals surface area (Å²) in [6.07, 6.45) is 2.74. The number of aliphatic imine (C=N–C) groups is 1. The molecule has 0 amide bonds. The average Bonchev–Trinajstić information content (AvgIpc) is 2.25. The van der Waals surface area contributed by atoms with E-state index in [2.05, 4.69) is 39.0 Å². The van der Waals surface area contributed by atoms with Gasteiger partial charge in [-0.05, 0) is 46.3 Å². The van der Waals surface area contributed by atoms with Gasteiger partial charge in [0.2, 0.25) is 0 Å². The molecule has 1 aromatic carbocycles. The van der Waals surface area contributed by atoms with Gasteiger partial charge in [-0.1, -0.05) is 12.1 Å². The van der Waals surface area contributed by atoms with Gasteiger partial charge in [0.05, 0.1) is 5.69 Å². The highest BCUT2D eigenvalue weighted by atomic mass is 79.9. The summed E-state index contributed by atoms with van der Waals surface area (Å²) in [5.74, 6) is 3.04. The van der Waals surface area contributed by atoms with E-state index in [1.54, 1.807) is 0 Å². The number of nitrogens with zero attached hydrogens (tertiary/aromatic N) is 2. The molecule has 1 aromatic rings. The lowest BCUT2D eigenvalue weighted by atomic mass is 9.70. The molecule has 0 radical (unpaired) electrons. The van der Waals surface area contributed by atoms with Crippen LogP contribution in [0.2, 0.25) is 0 Å². The minimum Gasteiger partial charge on any atom is -0.355 e. The number of halogens is 1. The number of benzene rings is 1. The number of hydrogen-bond donors (Lipinski definition) is 0. The molecule has 82 valence electrons. The molecule has 3 fully saturated rings. The van der Waals surface area contributed by atoms with Crippen LogP contribution in [0.15, 0.2) is 27.7 Å². The number of para-hydroxylation sites is 1. The van der Waals surface area contributed by atoms with Crippen molar-refractivity contribution < 1.29 is 0 Å². The zero-order chi connectivity index (χ0) is 10.7. The van der Waals surface area contributed by atoms with Crippen molar-refractivity contribution in [2.45, 2.75) is 19.4 Å². The molecule has 1 aliphatic carbocycles. The first-order chi connectivity index (χ1) is 7.81. The molecule has 3 aliphatic heterocycles. The molecular weight excluding hydrogens is 264 g/mol. The third-order valence-corrected chi connectivity index (χ3v) is 4.70. The van der Waals surface area contributed by atoms with Crippen molar-refractivity contribution in [2.24, 2.45) is 16.8 Å². The number of piperidine rings is 2. The van der Waals surface area contributed by atoms with Crippen LogP contribution < -0.4 is 0 Å². The Morgan fingerprint density at radius 1 is 1.31 bits per heavy atom. The van der Waals surface area contributed by atoms with Gasteiger partial charge in [0.25, 0.3) is 0 Å². The molecule has 0 spiro atoms. The summed E-state index contributed by atoms with van der Waals surface area (Å²) >= 11 is 3.61. The summed E-state index contributed by atoms with van der Waals surface area (Å²) in [4.78, 5) is 7.36. The fourth-order valence-corrected chi connectivity index (χ4v) is 3.70. The molecule has 4 aliphatic rings. The smallest absolute Gasteiger partial charge is 0.108 e. The van der Waals surface area contributed by atoms with Crippen LogP contribution in [-0.2, 0) is 6.54 Å². The van der Waals surface area contributed by atoms with Gasteiger partial charge in [0, 0.05) is 23.5 Å². The molecule has 16 heavy (non-hydrogen) atoms. The fourth-order valence-electron chi connectivity index (χ4n) is 3.20. The summed E-state index contributed by atoms with van der Waals surface area (Å²) in [6.45, 7) is 2.28. The lowest BCUT2D eigenvalue weighted by molar-refractivity contribution is 0.135. The van der Waals surface area contributed by atoms with E-state index in [4.69, 9.17) is 4.99 Å². The Morgan fingerprint density at radius 3 is 3.06 bits per heavy atom. The van der Waals surface area contributed by atoms with Crippen LogP contribution in [0.3, 0.4) is 0 Å². The monoisotopic (exact) mass is 276 g/mol. The number of hydrogen-bond acceptors (Lipinski definition) is 2. The largest absolute Gasteiger partial charge is 0.355 e. The van der Waals surface area contributed by atoms with Crippen LogP contribution in [0.5, 0.6) is 0 Å². The second kappa shape index (κ2) is 3.10. The molecule has 0 N–H and O–H groups in total. The van der Waals surface area contributed by atoms with Crippen LogP contribution in [0.4, 0.5) is 5.69 Å². The van der Waals surface area contributed by atoms with E-state index in [-0.39, 0.29) is 0 Å². The normalized spacial score (nSPS) is 30.1. The maximum Gasteiger partial charge on any atom is 0.108 e. The molecule has 0 atom stereocenters. The average molecular weight is 277 g/mol. The molecule has 2 bridgehead atoms. The molecule has 3 heterocycles. The first kappa shape index (κ1) is 9.23. The van der Waals surface area contributed by atoms with Gasteiger partial charge < -0.3 is 4.90 Å². The third kappa shape index (κ3) is 1.15. The first-order valence-electron chi connectivity index (χ1n) is 5.92. The van der Waals surface area contributed by atoms with Crippen molar-refractivity contribution in [3.05, 3.63) is 28.2 Å². The van der Waals surface area contributed by atoms with Gasteiger partial charge in [-0.15, -0.1) is 0 Å². The SMILES string of the molecule is Brc1cccc2c1N=C1C3CC(C3)CN1C2. The second-order valence-corrected chi connectivity index (χ2v) is 5.99. The molecule has 5 rings (SSSR count). The number of fused-ring (bicyclic) bond motifs is 1. The van der Waals surface area contributed by atoms with Gasteiger partial charge in [-0.3, -0.25) is 0 Å². The highest BCUT2D eigenvalue weighted by molar-refractivity contribution is 9.10. The molecule has 2 nitrogen and oxygen atoms in total. The van der Waals surface area contributed by atoms with Crippen molar-refractivity contribution in [1.82, 2.24) is 4.90 Å². The van der Waals surface area contributed by atoms with Crippen molar-refractivity contribution in [1.29, 1.82) is 0 Å². The highest BCUT2D eigenvalue weighted by Crippen LogP contribution is 2.45. The van der Waals surface area contributed by atoms with Gasteiger partial charge in [-0.25, -0.2) is 4.99 Å².